The first-order valence-corrected chi connectivity index (χ1v) is 8.85. The minimum absolute atomic E-state index is 0.689. The Labute approximate surface area is 133 Å². The molecule has 4 heterocycles. The maximum absolute atomic E-state index is 4.63. The zero-order valence-corrected chi connectivity index (χ0v) is 13.2. The lowest BCUT2D eigenvalue weighted by Crippen LogP contribution is -1.92. The van der Waals surface area contributed by atoms with Gasteiger partial charge in [-0.1, -0.05) is 12.1 Å². The molecule has 0 saturated carbocycles. The van der Waals surface area contributed by atoms with Crippen LogP contribution in [0.2, 0.25) is 0 Å². The molecule has 4 aromatic heterocycles. The minimum Gasteiger partial charge on any atom is -0.223 e. The zero-order chi connectivity index (χ0) is 14.1. The maximum Gasteiger partial charge on any atom is 0.192 e. The van der Waals surface area contributed by atoms with E-state index in [-0.39, 0.29) is 0 Å². The fourth-order valence-corrected chi connectivity index (χ4v) is 4.41. The first-order valence-electron chi connectivity index (χ1n) is 6.28. The van der Waals surface area contributed by atoms with Crippen LogP contribution < -0.4 is 0 Å². The summed E-state index contributed by atoms with van der Waals surface area (Å²) in [6, 6.07) is 12.4. The minimum atomic E-state index is 0.689. The molecule has 0 aliphatic heterocycles. The summed E-state index contributed by atoms with van der Waals surface area (Å²) < 4.78 is 0. The molecular weight excluding hydrogens is 318 g/mol. The average Bonchev–Trinajstić information content (AvgIpc) is 3.26. The Morgan fingerprint density at radius 1 is 0.762 bits per heavy atom. The number of thiophene rings is 3. The van der Waals surface area contributed by atoms with Crippen LogP contribution in [0.15, 0.2) is 53.4 Å². The molecule has 6 heteroatoms. The fourth-order valence-electron chi connectivity index (χ4n) is 1.96. The Morgan fingerprint density at radius 3 is 2.29 bits per heavy atom. The molecule has 0 aromatic carbocycles. The molecule has 3 nitrogen and oxygen atoms in total. The van der Waals surface area contributed by atoms with Crippen LogP contribution >= 0.6 is 34.0 Å². The van der Waals surface area contributed by atoms with Crippen LogP contribution in [0, 0.1) is 0 Å². The van der Waals surface area contributed by atoms with Crippen LogP contribution in [0.1, 0.15) is 0 Å². The van der Waals surface area contributed by atoms with Gasteiger partial charge in [-0.25, -0.2) is 4.98 Å². The fraction of sp³-hybridized carbons (Fsp3) is 0. The van der Waals surface area contributed by atoms with E-state index in [0.717, 1.165) is 15.4 Å². The molecule has 0 fully saturated rings. The molecule has 102 valence electrons. The van der Waals surface area contributed by atoms with Gasteiger partial charge in [0.25, 0.3) is 0 Å². The number of nitrogens with zero attached hydrogens (tertiary/aromatic N) is 3. The summed E-state index contributed by atoms with van der Waals surface area (Å²) >= 11 is 5.10. The largest absolute Gasteiger partial charge is 0.223 e. The molecule has 0 aliphatic rings. The van der Waals surface area contributed by atoms with Gasteiger partial charge in [0.1, 0.15) is 5.69 Å². The highest BCUT2D eigenvalue weighted by atomic mass is 32.1. The number of hydrogen-bond acceptors (Lipinski definition) is 6. The van der Waals surface area contributed by atoms with E-state index in [1.165, 1.54) is 9.75 Å². The third-order valence-corrected chi connectivity index (χ3v) is 5.96. The van der Waals surface area contributed by atoms with Crippen molar-refractivity contribution >= 4 is 34.0 Å². The van der Waals surface area contributed by atoms with Crippen molar-refractivity contribution in [1.82, 2.24) is 15.2 Å². The first-order chi connectivity index (χ1) is 10.4. The summed E-state index contributed by atoms with van der Waals surface area (Å²) in [7, 11) is 0. The van der Waals surface area contributed by atoms with E-state index in [0.29, 0.717) is 5.82 Å². The summed E-state index contributed by atoms with van der Waals surface area (Å²) in [5.41, 5.74) is 0.876. The second kappa shape index (κ2) is 5.48. The van der Waals surface area contributed by atoms with Gasteiger partial charge in [0.15, 0.2) is 5.82 Å². The predicted molar refractivity (Wildman–Crippen MR) is 89.8 cm³/mol. The van der Waals surface area contributed by atoms with Crippen molar-refractivity contribution < 1.29 is 0 Å². The SMILES string of the molecule is c1csc(-c2cnnc(-c3ccc(-c4cccs4)s3)n2)c1. The topological polar surface area (TPSA) is 38.7 Å². The quantitative estimate of drug-likeness (QED) is 0.528. The lowest BCUT2D eigenvalue weighted by Gasteiger charge is -1.98. The highest BCUT2D eigenvalue weighted by Gasteiger charge is 2.10. The normalized spacial score (nSPS) is 10.9. The van der Waals surface area contributed by atoms with Crippen LogP contribution in [0.3, 0.4) is 0 Å². The molecule has 0 atom stereocenters. The summed E-state index contributed by atoms with van der Waals surface area (Å²) in [6.07, 6.45) is 1.71. The molecule has 4 aromatic rings. The van der Waals surface area contributed by atoms with E-state index in [2.05, 4.69) is 44.8 Å². The smallest absolute Gasteiger partial charge is 0.192 e. The molecule has 0 bridgehead atoms. The Kier molecular flexibility index (Phi) is 3.34. The maximum atomic E-state index is 4.63. The van der Waals surface area contributed by atoms with E-state index >= 15 is 0 Å². The monoisotopic (exact) mass is 327 g/mol. The molecule has 0 unspecified atom stereocenters. The Balaban J connectivity index is 1.72. The summed E-state index contributed by atoms with van der Waals surface area (Å²) in [5, 5.41) is 12.4. The summed E-state index contributed by atoms with van der Waals surface area (Å²) in [5.74, 6) is 0.689. The molecule has 21 heavy (non-hydrogen) atoms. The first kappa shape index (κ1) is 12.8. The molecule has 0 spiro atoms. The Hall–Kier alpha value is -1.89. The van der Waals surface area contributed by atoms with Gasteiger partial charge in [-0.3, -0.25) is 0 Å². The van der Waals surface area contributed by atoms with E-state index in [9.17, 15) is 0 Å². The van der Waals surface area contributed by atoms with Crippen LogP contribution in [-0.2, 0) is 0 Å². The van der Waals surface area contributed by atoms with Crippen molar-refractivity contribution in [3.63, 3.8) is 0 Å². The third-order valence-electron chi connectivity index (χ3n) is 2.92. The highest BCUT2D eigenvalue weighted by Crippen LogP contribution is 2.35. The molecule has 0 saturated heterocycles. The number of rotatable bonds is 3. The van der Waals surface area contributed by atoms with Crippen LogP contribution in [0.4, 0.5) is 0 Å². The average molecular weight is 327 g/mol. The summed E-state index contributed by atoms with van der Waals surface area (Å²) in [4.78, 5) is 9.30. The van der Waals surface area contributed by atoms with Crippen molar-refractivity contribution in [3.05, 3.63) is 53.4 Å². The highest BCUT2D eigenvalue weighted by molar-refractivity contribution is 7.23. The summed E-state index contributed by atoms with van der Waals surface area (Å²) in [6.45, 7) is 0. The molecular formula is C15H9N3S3. The van der Waals surface area contributed by atoms with E-state index in [4.69, 9.17) is 0 Å². The third kappa shape index (κ3) is 2.53. The van der Waals surface area contributed by atoms with Gasteiger partial charge in [0, 0.05) is 9.75 Å². The van der Waals surface area contributed by atoms with Gasteiger partial charge in [-0.2, -0.15) is 5.10 Å². The van der Waals surface area contributed by atoms with Crippen LogP contribution in [0.5, 0.6) is 0 Å². The van der Waals surface area contributed by atoms with Gasteiger partial charge in [0.05, 0.1) is 16.0 Å². The van der Waals surface area contributed by atoms with E-state index < -0.39 is 0 Å². The zero-order valence-electron chi connectivity index (χ0n) is 10.8. The van der Waals surface area contributed by atoms with Gasteiger partial charge in [-0.15, -0.1) is 39.1 Å². The van der Waals surface area contributed by atoms with Gasteiger partial charge in [-0.05, 0) is 35.0 Å². The van der Waals surface area contributed by atoms with E-state index in [1.807, 2.05) is 17.5 Å². The second-order valence-electron chi connectivity index (χ2n) is 4.28. The van der Waals surface area contributed by atoms with Crippen LogP contribution in [0.25, 0.3) is 31.0 Å². The van der Waals surface area contributed by atoms with Crippen molar-refractivity contribution in [2.75, 3.05) is 0 Å². The van der Waals surface area contributed by atoms with Crippen molar-refractivity contribution in [1.29, 1.82) is 0 Å². The molecule has 0 radical (unpaired) electrons. The number of aromatic nitrogens is 3. The van der Waals surface area contributed by atoms with Crippen LogP contribution in [-0.4, -0.2) is 15.2 Å². The molecule has 0 amide bonds. The van der Waals surface area contributed by atoms with Gasteiger partial charge in [0.2, 0.25) is 0 Å². The second-order valence-corrected chi connectivity index (χ2v) is 7.26. The molecule has 4 rings (SSSR count). The van der Waals surface area contributed by atoms with Gasteiger partial charge >= 0.3 is 0 Å². The molecule has 0 N–H and O–H groups in total. The number of hydrogen-bond donors (Lipinski definition) is 0. The van der Waals surface area contributed by atoms with Crippen molar-refractivity contribution in [2.24, 2.45) is 0 Å². The lowest BCUT2D eigenvalue weighted by atomic mass is 10.3. The Bertz CT molecular complexity index is 848. The standard InChI is InChI=1S/C15H9N3S3/c1-3-11(19-7-1)10-9-16-18-15(17-10)14-6-5-13(21-14)12-4-2-8-20-12/h1-9H. The van der Waals surface area contributed by atoms with Crippen molar-refractivity contribution in [2.45, 2.75) is 0 Å². The Morgan fingerprint density at radius 2 is 1.52 bits per heavy atom. The predicted octanol–water partition coefficient (Wildman–Crippen LogP) is 5.06. The van der Waals surface area contributed by atoms with Crippen molar-refractivity contribution in [3.8, 4) is 31.0 Å². The van der Waals surface area contributed by atoms with Gasteiger partial charge < -0.3 is 0 Å². The molecule has 0 aliphatic carbocycles. The van der Waals surface area contributed by atoms with E-state index in [1.54, 1.807) is 40.2 Å². The lowest BCUT2D eigenvalue weighted by molar-refractivity contribution is 0.990.